The lowest BCUT2D eigenvalue weighted by molar-refractivity contribution is 0.358. The van der Waals surface area contributed by atoms with Gasteiger partial charge in [0.1, 0.15) is 5.82 Å². The van der Waals surface area contributed by atoms with Crippen LogP contribution >= 0.6 is 0 Å². The van der Waals surface area contributed by atoms with Gasteiger partial charge in [-0.05, 0) is 19.3 Å². The fourth-order valence-electron chi connectivity index (χ4n) is 1.15. The maximum absolute atomic E-state index is 5.30. The molecule has 1 heterocycles. The monoisotopic (exact) mass is 223 g/mol. The van der Waals surface area contributed by atoms with Crippen LogP contribution in [0.25, 0.3) is 0 Å². The Morgan fingerprint density at radius 3 is 2.44 bits per heavy atom. The average Bonchev–Trinajstić information content (AvgIpc) is 2.15. The lowest BCUT2D eigenvalue weighted by Crippen LogP contribution is -2.31. The maximum Gasteiger partial charge on any atom is 0.239 e. The van der Waals surface area contributed by atoms with Crippen LogP contribution in [0, 0.1) is 12.3 Å². The van der Waals surface area contributed by atoms with E-state index in [0.717, 1.165) is 11.5 Å². The Morgan fingerprint density at radius 1 is 1.31 bits per heavy atom. The summed E-state index contributed by atoms with van der Waals surface area (Å²) >= 11 is 0. The van der Waals surface area contributed by atoms with Crippen LogP contribution in [0.4, 0.5) is 11.8 Å². The molecule has 0 saturated carbocycles. The van der Waals surface area contributed by atoms with Gasteiger partial charge in [0, 0.05) is 17.8 Å². The van der Waals surface area contributed by atoms with Gasteiger partial charge in [-0.1, -0.05) is 20.8 Å². The molecule has 0 amide bonds. The van der Waals surface area contributed by atoms with Crippen LogP contribution in [0.5, 0.6) is 0 Å². The molecule has 1 aromatic heterocycles. The predicted octanol–water partition coefficient (Wildman–Crippen LogP) is 1.92. The van der Waals surface area contributed by atoms with E-state index in [9.17, 15) is 0 Å². The first-order valence-corrected chi connectivity index (χ1v) is 5.42. The number of hydrazine groups is 1. The zero-order chi connectivity index (χ0) is 12.3. The van der Waals surface area contributed by atoms with Gasteiger partial charge in [0.15, 0.2) is 0 Å². The van der Waals surface area contributed by atoms with Gasteiger partial charge < -0.3 is 5.32 Å². The van der Waals surface area contributed by atoms with Crippen molar-refractivity contribution in [3.63, 3.8) is 0 Å². The molecule has 0 aliphatic heterocycles. The summed E-state index contributed by atoms with van der Waals surface area (Å²) in [5, 5.41) is 3.35. The fraction of sp³-hybridized carbons (Fsp3) is 0.636. The topological polar surface area (TPSA) is 75.9 Å². The summed E-state index contributed by atoms with van der Waals surface area (Å²) in [5.74, 6) is 6.53. The SMILES string of the molecule is Cc1cc(NC(C)C(C)(C)C)nc(NN)n1. The highest BCUT2D eigenvalue weighted by molar-refractivity contribution is 5.42. The quantitative estimate of drug-likeness (QED) is 0.539. The Morgan fingerprint density at radius 2 is 1.94 bits per heavy atom. The Labute approximate surface area is 96.8 Å². The largest absolute Gasteiger partial charge is 0.367 e. The minimum atomic E-state index is 0.176. The van der Waals surface area contributed by atoms with Crippen molar-refractivity contribution >= 4 is 11.8 Å². The van der Waals surface area contributed by atoms with Gasteiger partial charge >= 0.3 is 0 Å². The van der Waals surface area contributed by atoms with Gasteiger partial charge in [-0.15, -0.1) is 0 Å². The van der Waals surface area contributed by atoms with Crippen molar-refractivity contribution in [2.45, 2.75) is 40.7 Å². The van der Waals surface area contributed by atoms with Gasteiger partial charge in [0.2, 0.25) is 5.95 Å². The highest BCUT2D eigenvalue weighted by Crippen LogP contribution is 2.22. The first-order valence-electron chi connectivity index (χ1n) is 5.42. The summed E-state index contributed by atoms with van der Waals surface area (Å²) in [6, 6.07) is 2.22. The highest BCUT2D eigenvalue weighted by atomic mass is 15.3. The molecule has 0 aliphatic rings. The highest BCUT2D eigenvalue weighted by Gasteiger charge is 2.20. The molecule has 0 saturated heterocycles. The Balaban J connectivity index is 2.85. The molecule has 5 heteroatoms. The van der Waals surface area contributed by atoms with Crippen LogP contribution in [0.3, 0.4) is 0 Å². The predicted molar refractivity (Wildman–Crippen MR) is 67.1 cm³/mol. The van der Waals surface area contributed by atoms with Gasteiger partial charge in [-0.25, -0.2) is 10.8 Å². The summed E-state index contributed by atoms with van der Waals surface area (Å²) in [6.45, 7) is 10.6. The zero-order valence-electron chi connectivity index (χ0n) is 10.6. The van der Waals surface area contributed by atoms with Gasteiger partial charge in [-0.3, -0.25) is 5.43 Å². The molecule has 0 spiro atoms. The third kappa shape index (κ3) is 3.34. The molecule has 16 heavy (non-hydrogen) atoms. The minimum Gasteiger partial charge on any atom is -0.367 e. The second kappa shape index (κ2) is 4.65. The number of nitrogen functional groups attached to an aromatic ring is 1. The Bertz CT molecular complexity index is 356. The standard InChI is InChI=1S/C11H21N5/c1-7-6-9(15-10(13-7)16-12)14-8(2)11(3,4)5/h6,8H,12H2,1-5H3,(H2,13,14,15,16). The van der Waals surface area contributed by atoms with E-state index in [4.69, 9.17) is 5.84 Å². The van der Waals surface area contributed by atoms with E-state index in [1.807, 2.05) is 13.0 Å². The van der Waals surface area contributed by atoms with E-state index >= 15 is 0 Å². The number of nitrogens with zero attached hydrogens (tertiary/aromatic N) is 2. The Kier molecular flexibility index (Phi) is 3.70. The lowest BCUT2D eigenvalue weighted by atomic mass is 9.88. The Hall–Kier alpha value is -1.36. The van der Waals surface area contributed by atoms with Crippen LogP contribution in [0.1, 0.15) is 33.4 Å². The van der Waals surface area contributed by atoms with Crippen molar-refractivity contribution in [1.82, 2.24) is 9.97 Å². The van der Waals surface area contributed by atoms with Crippen molar-refractivity contribution in [2.75, 3.05) is 10.7 Å². The first kappa shape index (κ1) is 12.7. The molecule has 1 rings (SSSR count). The van der Waals surface area contributed by atoms with Crippen LogP contribution in [0.2, 0.25) is 0 Å². The molecule has 0 fully saturated rings. The van der Waals surface area contributed by atoms with E-state index in [1.165, 1.54) is 0 Å². The molecule has 5 nitrogen and oxygen atoms in total. The van der Waals surface area contributed by atoms with Crippen molar-refractivity contribution < 1.29 is 0 Å². The van der Waals surface area contributed by atoms with Crippen LogP contribution in [-0.2, 0) is 0 Å². The molecule has 1 unspecified atom stereocenters. The number of nitrogens with one attached hydrogen (secondary N) is 2. The second-order valence-corrected chi connectivity index (χ2v) is 5.09. The molecule has 4 N–H and O–H groups in total. The third-order valence-corrected chi connectivity index (χ3v) is 2.65. The molecular weight excluding hydrogens is 202 g/mol. The maximum atomic E-state index is 5.30. The molecule has 1 atom stereocenters. The number of hydrogen-bond acceptors (Lipinski definition) is 5. The van der Waals surface area contributed by atoms with Crippen molar-refractivity contribution in [1.29, 1.82) is 0 Å². The molecule has 0 aliphatic carbocycles. The van der Waals surface area contributed by atoms with E-state index in [2.05, 4.69) is 48.4 Å². The minimum absolute atomic E-state index is 0.176. The second-order valence-electron chi connectivity index (χ2n) is 5.09. The van der Waals surface area contributed by atoms with E-state index in [-0.39, 0.29) is 5.41 Å². The van der Waals surface area contributed by atoms with Crippen molar-refractivity contribution in [2.24, 2.45) is 11.3 Å². The summed E-state index contributed by atoms with van der Waals surface area (Å²) < 4.78 is 0. The van der Waals surface area contributed by atoms with E-state index in [1.54, 1.807) is 0 Å². The summed E-state index contributed by atoms with van der Waals surface area (Å²) in [5.41, 5.74) is 3.51. The number of aryl methyl sites for hydroxylation is 1. The summed E-state index contributed by atoms with van der Waals surface area (Å²) in [7, 11) is 0. The number of rotatable bonds is 3. The van der Waals surface area contributed by atoms with Crippen molar-refractivity contribution in [3.05, 3.63) is 11.8 Å². The molecule has 1 aromatic rings. The number of hydrogen-bond donors (Lipinski definition) is 3. The lowest BCUT2D eigenvalue weighted by Gasteiger charge is -2.28. The molecule has 90 valence electrons. The van der Waals surface area contributed by atoms with E-state index < -0.39 is 0 Å². The average molecular weight is 223 g/mol. The molecule has 0 bridgehead atoms. The third-order valence-electron chi connectivity index (χ3n) is 2.65. The molecule has 0 radical (unpaired) electrons. The smallest absolute Gasteiger partial charge is 0.239 e. The van der Waals surface area contributed by atoms with Crippen LogP contribution in [0.15, 0.2) is 6.07 Å². The van der Waals surface area contributed by atoms with Crippen LogP contribution in [-0.4, -0.2) is 16.0 Å². The van der Waals surface area contributed by atoms with Gasteiger partial charge in [0.05, 0.1) is 0 Å². The first-order chi connectivity index (χ1) is 7.32. The fourth-order valence-corrected chi connectivity index (χ4v) is 1.15. The van der Waals surface area contributed by atoms with Gasteiger partial charge in [-0.2, -0.15) is 4.98 Å². The normalized spacial score (nSPS) is 13.4. The van der Waals surface area contributed by atoms with E-state index in [0.29, 0.717) is 12.0 Å². The summed E-state index contributed by atoms with van der Waals surface area (Å²) in [6.07, 6.45) is 0. The van der Waals surface area contributed by atoms with Gasteiger partial charge in [0.25, 0.3) is 0 Å². The number of nitrogens with two attached hydrogens (primary N) is 1. The molecule has 0 aromatic carbocycles. The van der Waals surface area contributed by atoms with Crippen molar-refractivity contribution in [3.8, 4) is 0 Å². The van der Waals surface area contributed by atoms with Crippen LogP contribution < -0.4 is 16.6 Å². The zero-order valence-corrected chi connectivity index (χ0v) is 10.6. The summed E-state index contributed by atoms with van der Waals surface area (Å²) in [4.78, 5) is 8.38. The number of aromatic nitrogens is 2. The number of anilines is 2. The molecular formula is C11H21N5.